The van der Waals surface area contributed by atoms with Crippen molar-refractivity contribution in [2.24, 2.45) is 7.05 Å². The molecule has 1 aliphatic rings. The molecule has 3 rings (SSSR count). The lowest BCUT2D eigenvalue weighted by atomic mass is 9.93. The molecule has 2 aromatic rings. The minimum Gasteiger partial charge on any atom is -0.461 e. The summed E-state index contributed by atoms with van der Waals surface area (Å²) in [6, 6.07) is 0. The average Bonchev–Trinajstić information content (AvgIpc) is 2.77. The van der Waals surface area contributed by atoms with Gasteiger partial charge in [0.2, 0.25) is 0 Å². The zero-order valence-electron chi connectivity index (χ0n) is 11.2. The van der Waals surface area contributed by atoms with Crippen LogP contribution in [0.25, 0.3) is 11.4 Å². The first-order valence-corrected chi connectivity index (χ1v) is 7.44. The molecule has 2 aromatic heterocycles. The quantitative estimate of drug-likeness (QED) is 0.449. The van der Waals surface area contributed by atoms with Crippen LogP contribution in [0.5, 0.6) is 0 Å². The van der Waals surface area contributed by atoms with Crippen molar-refractivity contribution in [1.29, 1.82) is 0 Å². The Hall–Kier alpha value is -1.51. The normalized spacial score (nSPS) is 12.8. The summed E-state index contributed by atoms with van der Waals surface area (Å²) in [6.07, 6.45) is 3.43. The van der Waals surface area contributed by atoms with E-state index in [0.717, 1.165) is 35.4 Å². The summed E-state index contributed by atoms with van der Waals surface area (Å²) in [4.78, 5) is 20.7. The second-order valence-corrected chi connectivity index (χ2v) is 5.50. The number of ether oxygens (including phenoxy) is 1. The van der Waals surface area contributed by atoms with Crippen molar-refractivity contribution in [3.63, 3.8) is 0 Å². The van der Waals surface area contributed by atoms with Gasteiger partial charge in [-0.2, -0.15) is 5.10 Å². The molecule has 0 amide bonds. The van der Waals surface area contributed by atoms with Crippen LogP contribution in [0, 0.1) is 3.83 Å². The molecule has 1 aliphatic carbocycles. The molecule has 104 valence electrons. The molecular formula is C13H13IN4O2. The standard InChI is InChI=1S/C13H13IN4O2/c1-3-20-12(19)10-8-5-4-7-6-15-13(14)16-9(7)11(8)18(2)17-10/h6H,3-5H2,1-2H3. The van der Waals surface area contributed by atoms with Gasteiger partial charge in [0.05, 0.1) is 18.0 Å². The first-order chi connectivity index (χ1) is 9.61. The number of nitrogens with zero attached hydrogens (tertiary/aromatic N) is 4. The predicted molar refractivity (Wildman–Crippen MR) is 80.3 cm³/mol. The lowest BCUT2D eigenvalue weighted by Gasteiger charge is -2.16. The molecule has 0 radical (unpaired) electrons. The van der Waals surface area contributed by atoms with E-state index in [-0.39, 0.29) is 5.97 Å². The zero-order chi connectivity index (χ0) is 14.3. The van der Waals surface area contributed by atoms with Gasteiger partial charge >= 0.3 is 5.97 Å². The highest BCUT2D eigenvalue weighted by atomic mass is 127. The number of carbonyl (C=O) groups is 1. The van der Waals surface area contributed by atoms with Gasteiger partial charge in [0.1, 0.15) is 0 Å². The highest BCUT2D eigenvalue weighted by molar-refractivity contribution is 14.1. The minimum absolute atomic E-state index is 0.348. The van der Waals surface area contributed by atoms with Crippen molar-refractivity contribution in [2.45, 2.75) is 19.8 Å². The highest BCUT2D eigenvalue weighted by Gasteiger charge is 2.29. The molecule has 0 unspecified atom stereocenters. The van der Waals surface area contributed by atoms with Crippen molar-refractivity contribution >= 4 is 28.6 Å². The van der Waals surface area contributed by atoms with E-state index in [1.54, 1.807) is 11.6 Å². The molecule has 0 spiro atoms. The monoisotopic (exact) mass is 384 g/mol. The molecule has 0 atom stereocenters. The second-order valence-electron chi connectivity index (χ2n) is 4.53. The molecule has 6 nitrogen and oxygen atoms in total. The van der Waals surface area contributed by atoms with Crippen LogP contribution >= 0.6 is 22.6 Å². The molecule has 0 aromatic carbocycles. The van der Waals surface area contributed by atoms with Crippen LogP contribution in [0.15, 0.2) is 6.20 Å². The molecule has 7 heteroatoms. The maximum atomic E-state index is 12.0. The Morgan fingerprint density at radius 3 is 3.05 bits per heavy atom. The third kappa shape index (κ3) is 2.09. The van der Waals surface area contributed by atoms with E-state index in [1.807, 2.05) is 13.2 Å². The molecule has 0 fully saturated rings. The summed E-state index contributed by atoms with van der Waals surface area (Å²) in [5.74, 6) is -0.364. The fraction of sp³-hybridized carbons (Fsp3) is 0.385. The van der Waals surface area contributed by atoms with Gasteiger partial charge in [-0.1, -0.05) is 0 Å². The predicted octanol–water partition coefficient (Wildman–Crippen LogP) is 1.76. The van der Waals surface area contributed by atoms with Gasteiger partial charge in [-0.15, -0.1) is 0 Å². The van der Waals surface area contributed by atoms with Crippen LogP contribution in [0.1, 0.15) is 28.5 Å². The Morgan fingerprint density at radius 1 is 1.50 bits per heavy atom. The smallest absolute Gasteiger partial charge is 0.359 e. The molecule has 0 N–H and O–H groups in total. The Balaban J connectivity index is 2.16. The molecule has 0 aliphatic heterocycles. The first-order valence-electron chi connectivity index (χ1n) is 6.36. The fourth-order valence-electron chi connectivity index (χ4n) is 2.50. The number of aryl methyl sites for hydroxylation is 2. The van der Waals surface area contributed by atoms with E-state index >= 15 is 0 Å². The van der Waals surface area contributed by atoms with Crippen molar-refractivity contribution in [3.05, 3.63) is 26.8 Å². The Labute approximate surface area is 129 Å². The number of hydrogen-bond donors (Lipinski definition) is 0. The fourth-order valence-corrected chi connectivity index (χ4v) is 2.88. The molecule has 0 saturated heterocycles. The third-order valence-electron chi connectivity index (χ3n) is 3.32. The summed E-state index contributed by atoms with van der Waals surface area (Å²) >= 11 is 2.09. The maximum absolute atomic E-state index is 12.0. The van der Waals surface area contributed by atoms with E-state index in [2.05, 4.69) is 37.7 Å². The van der Waals surface area contributed by atoms with Crippen molar-refractivity contribution in [1.82, 2.24) is 19.7 Å². The number of hydrogen-bond acceptors (Lipinski definition) is 5. The topological polar surface area (TPSA) is 69.9 Å². The summed E-state index contributed by atoms with van der Waals surface area (Å²) in [7, 11) is 1.83. The van der Waals surface area contributed by atoms with E-state index in [4.69, 9.17) is 4.74 Å². The van der Waals surface area contributed by atoms with E-state index in [1.165, 1.54) is 0 Å². The summed E-state index contributed by atoms with van der Waals surface area (Å²) in [6.45, 7) is 2.14. The van der Waals surface area contributed by atoms with Crippen LogP contribution in [-0.2, 0) is 24.6 Å². The molecule has 20 heavy (non-hydrogen) atoms. The van der Waals surface area contributed by atoms with Gasteiger partial charge in [-0.05, 0) is 25.3 Å². The highest BCUT2D eigenvalue weighted by Crippen LogP contribution is 2.33. The van der Waals surface area contributed by atoms with E-state index in [9.17, 15) is 4.79 Å². The van der Waals surface area contributed by atoms with Gasteiger partial charge in [0.25, 0.3) is 0 Å². The van der Waals surface area contributed by atoms with Gasteiger partial charge in [0, 0.05) is 41.4 Å². The van der Waals surface area contributed by atoms with Crippen LogP contribution in [0.4, 0.5) is 0 Å². The minimum atomic E-state index is -0.364. The molecule has 2 heterocycles. The Kier molecular flexibility index (Phi) is 3.45. The van der Waals surface area contributed by atoms with Gasteiger partial charge in [-0.3, -0.25) is 4.68 Å². The second kappa shape index (κ2) is 5.12. The van der Waals surface area contributed by atoms with Gasteiger partial charge in [-0.25, -0.2) is 14.8 Å². The van der Waals surface area contributed by atoms with Crippen molar-refractivity contribution < 1.29 is 9.53 Å². The lowest BCUT2D eigenvalue weighted by Crippen LogP contribution is -2.12. The number of esters is 1. The number of fused-ring (bicyclic) bond motifs is 3. The van der Waals surface area contributed by atoms with Crippen LogP contribution in [0.2, 0.25) is 0 Å². The van der Waals surface area contributed by atoms with Crippen LogP contribution in [0.3, 0.4) is 0 Å². The summed E-state index contributed by atoms with van der Waals surface area (Å²) in [5.41, 5.74) is 4.19. The Bertz CT molecular complexity index is 696. The molecular weight excluding hydrogens is 371 g/mol. The van der Waals surface area contributed by atoms with Crippen molar-refractivity contribution in [2.75, 3.05) is 6.61 Å². The van der Waals surface area contributed by atoms with E-state index < -0.39 is 0 Å². The van der Waals surface area contributed by atoms with Crippen molar-refractivity contribution in [3.8, 4) is 11.4 Å². The number of carbonyl (C=O) groups excluding carboxylic acids is 1. The Morgan fingerprint density at radius 2 is 2.30 bits per heavy atom. The summed E-state index contributed by atoms with van der Waals surface area (Å²) in [5, 5.41) is 4.32. The first kappa shape index (κ1) is 13.5. The van der Waals surface area contributed by atoms with Gasteiger partial charge in [0.15, 0.2) is 9.53 Å². The molecule has 0 saturated carbocycles. The lowest BCUT2D eigenvalue weighted by molar-refractivity contribution is 0.0517. The van der Waals surface area contributed by atoms with Gasteiger partial charge < -0.3 is 4.74 Å². The number of halogens is 1. The summed E-state index contributed by atoms with van der Waals surface area (Å²) < 4.78 is 7.47. The molecule has 0 bridgehead atoms. The SMILES string of the molecule is CCOC(=O)c1nn(C)c2c1CCc1cnc(I)nc1-2. The average molecular weight is 384 g/mol. The van der Waals surface area contributed by atoms with Crippen LogP contribution < -0.4 is 0 Å². The van der Waals surface area contributed by atoms with Crippen LogP contribution in [-0.4, -0.2) is 32.3 Å². The third-order valence-corrected chi connectivity index (χ3v) is 3.84. The number of rotatable bonds is 2. The maximum Gasteiger partial charge on any atom is 0.359 e. The zero-order valence-corrected chi connectivity index (χ0v) is 13.3. The van der Waals surface area contributed by atoms with E-state index in [0.29, 0.717) is 16.1 Å². The number of aromatic nitrogens is 4. The largest absolute Gasteiger partial charge is 0.461 e.